The Bertz CT molecular complexity index is 368. The number of nitrogen functional groups attached to an aromatic ring is 1. The summed E-state index contributed by atoms with van der Waals surface area (Å²) in [6.45, 7) is 6.19. The lowest BCUT2D eigenvalue weighted by atomic mass is 10.1. The summed E-state index contributed by atoms with van der Waals surface area (Å²) in [5, 5.41) is 0. The molecule has 2 N–H and O–H groups in total. The van der Waals surface area contributed by atoms with Crippen LogP contribution in [-0.2, 0) is 0 Å². The fraction of sp³-hybridized carbons (Fsp3) is 0.500. The van der Waals surface area contributed by atoms with Gasteiger partial charge in [0.05, 0.1) is 16.3 Å². The van der Waals surface area contributed by atoms with Crippen LogP contribution in [0.1, 0.15) is 27.2 Å². The van der Waals surface area contributed by atoms with E-state index in [0.717, 1.165) is 6.42 Å². The Morgan fingerprint density at radius 3 is 2.56 bits per heavy atom. The van der Waals surface area contributed by atoms with E-state index in [1.165, 1.54) is 12.1 Å². The molecule has 1 unspecified atom stereocenters. The van der Waals surface area contributed by atoms with E-state index in [0.29, 0.717) is 21.8 Å². The van der Waals surface area contributed by atoms with Crippen LogP contribution in [0.5, 0.6) is 5.75 Å². The average Bonchev–Trinajstić information content (AvgIpc) is 2.12. The van der Waals surface area contributed by atoms with Crippen molar-refractivity contribution in [2.75, 3.05) is 5.73 Å². The lowest BCUT2D eigenvalue weighted by Gasteiger charge is -2.18. The molecule has 0 spiro atoms. The van der Waals surface area contributed by atoms with Crippen molar-refractivity contribution in [2.45, 2.75) is 33.3 Å². The van der Waals surface area contributed by atoms with Crippen molar-refractivity contribution in [3.63, 3.8) is 0 Å². The lowest BCUT2D eigenvalue weighted by molar-refractivity contribution is 0.193. The molecular formula is C12H17BrFNO. The SMILES string of the molecule is CC(C)CC(C)Oc1cc(F)c(Br)cc1N. The molecule has 0 radical (unpaired) electrons. The number of benzene rings is 1. The Balaban J connectivity index is 2.77. The summed E-state index contributed by atoms with van der Waals surface area (Å²) < 4.78 is 19.3. The average molecular weight is 290 g/mol. The van der Waals surface area contributed by atoms with Gasteiger partial charge < -0.3 is 10.5 Å². The molecule has 1 rings (SSSR count). The van der Waals surface area contributed by atoms with Gasteiger partial charge in [0.1, 0.15) is 11.6 Å². The molecule has 0 fully saturated rings. The molecule has 16 heavy (non-hydrogen) atoms. The van der Waals surface area contributed by atoms with E-state index in [2.05, 4.69) is 29.8 Å². The predicted octanol–water partition coefficient (Wildman–Crippen LogP) is 3.98. The fourth-order valence-electron chi connectivity index (χ4n) is 1.57. The lowest BCUT2D eigenvalue weighted by Crippen LogP contribution is -2.15. The third-order valence-corrected chi connectivity index (χ3v) is 2.79. The molecule has 0 aliphatic carbocycles. The zero-order chi connectivity index (χ0) is 12.3. The summed E-state index contributed by atoms with van der Waals surface area (Å²) in [5.41, 5.74) is 6.20. The van der Waals surface area contributed by atoms with Crippen molar-refractivity contribution in [1.29, 1.82) is 0 Å². The van der Waals surface area contributed by atoms with E-state index in [1.807, 2.05) is 6.92 Å². The van der Waals surface area contributed by atoms with Gasteiger partial charge in [-0.15, -0.1) is 0 Å². The van der Waals surface area contributed by atoms with Crippen molar-refractivity contribution >= 4 is 21.6 Å². The molecule has 1 aromatic rings. The number of halogens is 2. The molecule has 0 aliphatic rings. The standard InChI is InChI=1S/C12H17BrFNO/c1-7(2)4-8(3)16-12-6-10(14)9(13)5-11(12)15/h5-8H,4,15H2,1-3H3. The fourth-order valence-corrected chi connectivity index (χ4v) is 1.94. The largest absolute Gasteiger partial charge is 0.488 e. The van der Waals surface area contributed by atoms with Gasteiger partial charge in [0.15, 0.2) is 0 Å². The van der Waals surface area contributed by atoms with Crippen LogP contribution in [-0.4, -0.2) is 6.10 Å². The molecule has 0 amide bonds. The minimum Gasteiger partial charge on any atom is -0.488 e. The predicted molar refractivity (Wildman–Crippen MR) is 68.1 cm³/mol. The first-order valence-corrected chi connectivity index (χ1v) is 6.10. The summed E-state index contributed by atoms with van der Waals surface area (Å²) in [6.07, 6.45) is 0.944. The monoisotopic (exact) mass is 289 g/mol. The molecular weight excluding hydrogens is 273 g/mol. The van der Waals surface area contributed by atoms with Crippen LogP contribution in [0.3, 0.4) is 0 Å². The van der Waals surface area contributed by atoms with Gasteiger partial charge in [-0.3, -0.25) is 0 Å². The van der Waals surface area contributed by atoms with Crippen LogP contribution in [0, 0.1) is 11.7 Å². The van der Waals surface area contributed by atoms with Crippen molar-refractivity contribution < 1.29 is 9.13 Å². The number of anilines is 1. The maximum Gasteiger partial charge on any atom is 0.145 e. The van der Waals surface area contributed by atoms with Crippen LogP contribution in [0.4, 0.5) is 10.1 Å². The second-order valence-electron chi connectivity index (χ2n) is 4.36. The Morgan fingerprint density at radius 2 is 2.00 bits per heavy atom. The molecule has 0 saturated heterocycles. The van der Waals surface area contributed by atoms with Crippen LogP contribution < -0.4 is 10.5 Å². The quantitative estimate of drug-likeness (QED) is 0.851. The van der Waals surface area contributed by atoms with Crippen molar-refractivity contribution in [3.05, 3.63) is 22.4 Å². The molecule has 1 aromatic carbocycles. The summed E-state index contributed by atoms with van der Waals surface area (Å²) in [7, 11) is 0. The zero-order valence-electron chi connectivity index (χ0n) is 9.76. The third kappa shape index (κ3) is 3.67. The van der Waals surface area contributed by atoms with Crippen LogP contribution >= 0.6 is 15.9 Å². The van der Waals surface area contributed by atoms with E-state index < -0.39 is 0 Å². The van der Waals surface area contributed by atoms with Crippen molar-refractivity contribution in [2.24, 2.45) is 5.92 Å². The van der Waals surface area contributed by atoms with Gasteiger partial charge in [0.2, 0.25) is 0 Å². The maximum atomic E-state index is 13.3. The van der Waals surface area contributed by atoms with E-state index in [4.69, 9.17) is 10.5 Å². The van der Waals surface area contributed by atoms with Gasteiger partial charge >= 0.3 is 0 Å². The second kappa shape index (κ2) is 5.53. The number of hydrogen-bond donors (Lipinski definition) is 1. The van der Waals surface area contributed by atoms with Crippen LogP contribution in [0.25, 0.3) is 0 Å². The smallest absolute Gasteiger partial charge is 0.145 e. The molecule has 0 saturated carbocycles. The van der Waals surface area contributed by atoms with E-state index >= 15 is 0 Å². The Hall–Kier alpha value is -0.770. The molecule has 4 heteroatoms. The van der Waals surface area contributed by atoms with E-state index in [9.17, 15) is 4.39 Å². The number of rotatable bonds is 4. The van der Waals surface area contributed by atoms with Crippen LogP contribution in [0.15, 0.2) is 16.6 Å². The highest BCUT2D eigenvalue weighted by molar-refractivity contribution is 9.10. The third-order valence-electron chi connectivity index (χ3n) is 2.18. The zero-order valence-corrected chi connectivity index (χ0v) is 11.3. The first-order chi connectivity index (χ1) is 7.40. The highest BCUT2D eigenvalue weighted by Gasteiger charge is 2.11. The molecule has 0 aliphatic heterocycles. The van der Waals surface area contributed by atoms with Crippen molar-refractivity contribution in [1.82, 2.24) is 0 Å². The van der Waals surface area contributed by atoms with Gasteiger partial charge in [-0.05, 0) is 41.3 Å². The van der Waals surface area contributed by atoms with Crippen LogP contribution in [0.2, 0.25) is 0 Å². The maximum absolute atomic E-state index is 13.3. The van der Waals surface area contributed by atoms with E-state index in [-0.39, 0.29) is 11.9 Å². The molecule has 2 nitrogen and oxygen atoms in total. The number of ether oxygens (including phenoxy) is 1. The van der Waals surface area contributed by atoms with Gasteiger partial charge in [-0.1, -0.05) is 13.8 Å². The second-order valence-corrected chi connectivity index (χ2v) is 5.22. The summed E-state index contributed by atoms with van der Waals surface area (Å²) in [4.78, 5) is 0. The highest BCUT2D eigenvalue weighted by atomic mass is 79.9. The number of hydrogen-bond acceptors (Lipinski definition) is 2. The molecule has 90 valence electrons. The summed E-state index contributed by atoms with van der Waals surface area (Å²) in [5.74, 6) is 0.589. The summed E-state index contributed by atoms with van der Waals surface area (Å²) in [6, 6.07) is 2.84. The Morgan fingerprint density at radius 1 is 1.38 bits per heavy atom. The van der Waals surface area contributed by atoms with Crippen molar-refractivity contribution in [3.8, 4) is 5.75 Å². The molecule has 0 bridgehead atoms. The van der Waals surface area contributed by atoms with Gasteiger partial charge in [0, 0.05) is 6.07 Å². The first-order valence-electron chi connectivity index (χ1n) is 5.31. The molecule has 1 atom stereocenters. The molecule has 0 heterocycles. The van der Waals surface area contributed by atoms with Gasteiger partial charge in [-0.2, -0.15) is 0 Å². The normalized spacial score (nSPS) is 12.9. The minimum absolute atomic E-state index is 0.0304. The number of nitrogens with two attached hydrogens (primary N) is 1. The van der Waals surface area contributed by atoms with Gasteiger partial charge in [-0.25, -0.2) is 4.39 Å². The first kappa shape index (κ1) is 13.3. The Labute approximate surface area is 104 Å². The highest BCUT2D eigenvalue weighted by Crippen LogP contribution is 2.29. The van der Waals surface area contributed by atoms with E-state index in [1.54, 1.807) is 0 Å². The molecule has 0 aromatic heterocycles. The van der Waals surface area contributed by atoms with Gasteiger partial charge in [0.25, 0.3) is 0 Å². The minimum atomic E-state index is -0.360. The Kier molecular flexibility index (Phi) is 4.59. The topological polar surface area (TPSA) is 35.2 Å². The summed E-state index contributed by atoms with van der Waals surface area (Å²) >= 11 is 3.08.